The minimum atomic E-state index is 0.144. The highest BCUT2D eigenvalue weighted by atomic mass is 16.6. The van der Waals surface area contributed by atoms with Crippen LogP contribution in [0.1, 0.15) is 5.69 Å². The number of rotatable bonds is 4. The lowest BCUT2D eigenvalue weighted by molar-refractivity contribution is -0.0807. The van der Waals surface area contributed by atoms with Gasteiger partial charge in [0.1, 0.15) is 6.10 Å². The number of hydrogen-bond acceptors (Lipinski definition) is 4. The third-order valence-electron chi connectivity index (χ3n) is 3.00. The van der Waals surface area contributed by atoms with E-state index in [-0.39, 0.29) is 6.10 Å². The molecule has 0 bridgehead atoms. The molecule has 0 amide bonds. The molecule has 0 unspecified atom stereocenters. The number of aromatic nitrogens is 1. The third kappa shape index (κ3) is 2.17. The summed E-state index contributed by atoms with van der Waals surface area (Å²) in [5.74, 6) is 0.714. The highest BCUT2D eigenvalue weighted by Gasteiger charge is 2.21. The van der Waals surface area contributed by atoms with Crippen molar-refractivity contribution in [3.05, 3.63) is 36.0 Å². The normalized spacial score (nSPS) is 15.6. The molecule has 4 heteroatoms. The second kappa shape index (κ2) is 4.92. The molecule has 1 aromatic carbocycles. The summed E-state index contributed by atoms with van der Waals surface area (Å²) in [7, 11) is 1.91. The summed E-state index contributed by atoms with van der Waals surface area (Å²) in [6, 6.07) is 10.3. The number of nitrogens with zero attached hydrogens (tertiary/aromatic N) is 1. The van der Waals surface area contributed by atoms with E-state index in [1.807, 2.05) is 25.2 Å². The fourth-order valence-electron chi connectivity index (χ4n) is 2.02. The highest BCUT2D eigenvalue weighted by molar-refractivity contribution is 5.87. The standard InChI is InChI=1S/C14H16N2O2/c1-15-7-11-6-10-4-2-3-5-13(10)14(16-11)18-12-8-17-9-12/h2-6,12,15H,7-9H2,1H3. The van der Waals surface area contributed by atoms with Crippen molar-refractivity contribution < 1.29 is 9.47 Å². The van der Waals surface area contributed by atoms with E-state index in [2.05, 4.69) is 22.4 Å². The van der Waals surface area contributed by atoms with Gasteiger partial charge in [0.25, 0.3) is 0 Å². The summed E-state index contributed by atoms with van der Waals surface area (Å²) in [6.07, 6.45) is 0.144. The largest absolute Gasteiger partial charge is 0.469 e. The van der Waals surface area contributed by atoms with Crippen molar-refractivity contribution in [2.24, 2.45) is 0 Å². The van der Waals surface area contributed by atoms with Crippen molar-refractivity contribution in [2.75, 3.05) is 20.3 Å². The van der Waals surface area contributed by atoms with E-state index >= 15 is 0 Å². The topological polar surface area (TPSA) is 43.4 Å². The summed E-state index contributed by atoms with van der Waals surface area (Å²) >= 11 is 0. The molecule has 1 N–H and O–H groups in total. The quantitative estimate of drug-likeness (QED) is 0.889. The van der Waals surface area contributed by atoms with Gasteiger partial charge in [-0.15, -0.1) is 0 Å². The SMILES string of the molecule is CNCc1cc2ccccc2c(OC2COC2)n1. The van der Waals surface area contributed by atoms with Gasteiger partial charge in [0, 0.05) is 11.9 Å². The van der Waals surface area contributed by atoms with Gasteiger partial charge in [-0.05, 0) is 24.6 Å². The molecule has 3 rings (SSSR count). The Morgan fingerprint density at radius 3 is 2.94 bits per heavy atom. The number of pyridine rings is 1. The lowest BCUT2D eigenvalue weighted by atomic mass is 10.1. The van der Waals surface area contributed by atoms with Crippen molar-refractivity contribution in [1.82, 2.24) is 10.3 Å². The Balaban J connectivity index is 2.01. The van der Waals surface area contributed by atoms with Crippen LogP contribution in [0.5, 0.6) is 5.88 Å². The van der Waals surface area contributed by atoms with Gasteiger partial charge in [-0.25, -0.2) is 4.98 Å². The lowest BCUT2D eigenvalue weighted by Crippen LogP contribution is -2.38. The molecule has 94 valence electrons. The molecule has 1 aliphatic rings. The van der Waals surface area contributed by atoms with Gasteiger partial charge >= 0.3 is 0 Å². The lowest BCUT2D eigenvalue weighted by Gasteiger charge is -2.26. The van der Waals surface area contributed by atoms with Crippen LogP contribution in [0.3, 0.4) is 0 Å². The third-order valence-corrected chi connectivity index (χ3v) is 3.00. The summed E-state index contributed by atoms with van der Waals surface area (Å²) in [5.41, 5.74) is 0.992. The fourth-order valence-corrected chi connectivity index (χ4v) is 2.02. The number of hydrogen-bond donors (Lipinski definition) is 1. The molecule has 1 aliphatic heterocycles. The van der Waals surface area contributed by atoms with Gasteiger partial charge in [0.2, 0.25) is 5.88 Å². The molecule has 1 aromatic heterocycles. The molecule has 0 saturated carbocycles. The Hall–Kier alpha value is -1.65. The van der Waals surface area contributed by atoms with Crippen molar-refractivity contribution in [3.63, 3.8) is 0 Å². The van der Waals surface area contributed by atoms with Gasteiger partial charge in [-0.1, -0.05) is 18.2 Å². The van der Waals surface area contributed by atoms with E-state index in [1.54, 1.807) is 0 Å². The van der Waals surface area contributed by atoms with E-state index in [0.29, 0.717) is 19.1 Å². The van der Waals surface area contributed by atoms with Crippen molar-refractivity contribution >= 4 is 10.8 Å². The minimum absolute atomic E-state index is 0.144. The number of ether oxygens (including phenoxy) is 2. The minimum Gasteiger partial charge on any atom is -0.469 e. The zero-order chi connectivity index (χ0) is 12.4. The first-order valence-corrected chi connectivity index (χ1v) is 6.14. The van der Waals surface area contributed by atoms with Crippen LogP contribution in [0.4, 0.5) is 0 Å². The second-order valence-corrected chi connectivity index (χ2v) is 4.45. The summed E-state index contributed by atoms with van der Waals surface area (Å²) in [4.78, 5) is 4.57. The van der Waals surface area contributed by atoms with Crippen LogP contribution >= 0.6 is 0 Å². The summed E-state index contributed by atoms with van der Waals surface area (Å²) in [6.45, 7) is 2.06. The average molecular weight is 244 g/mol. The van der Waals surface area contributed by atoms with Gasteiger partial charge in [0.05, 0.1) is 18.9 Å². The molecule has 1 saturated heterocycles. The maximum atomic E-state index is 5.89. The highest BCUT2D eigenvalue weighted by Crippen LogP contribution is 2.26. The maximum Gasteiger partial charge on any atom is 0.222 e. The first-order chi connectivity index (χ1) is 8.86. The van der Waals surface area contributed by atoms with Crippen molar-refractivity contribution in [3.8, 4) is 5.88 Å². The fraction of sp³-hybridized carbons (Fsp3) is 0.357. The van der Waals surface area contributed by atoms with Gasteiger partial charge in [-0.2, -0.15) is 0 Å². The summed E-state index contributed by atoms with van der Waals surface area (Å²) in [5, 5.41) is 5.33. The second-order valence-electron chi connectivity index (χ2n) is 4.45. The zero-order valence-corrected chi connectivity index (χ0v) is 10.3. The van der Waals surface area contributed by atoms with Crippen LogP contribution in [-0.4, -0.2) is 31.3 Å². The Bertz CT molecular complexity index is 552. The number of fused-ring (bicyclic) bond motifs is 1. The van der Waals surface area contributed by atoms with Crippen molar-refractivity contribution in [1.29, 1.82) is 0 Å². The predicted molar refractivity (Wildman–Crippen MR) is 69.7 cm³/mol. The van der Waals surface area contributed by atoms with E-state index in [0.717, 1.165) is 23.0 Å². The molecule has 0 radical (unpaired) electrons. The van der Waals surface area contributed by atoms with Crippen LogP contribution in [0.15, 0.2) is 30.3 Å². The summed E-state index contributed by atoms with van der Waals surface area (Å²) < 4.78 is 11.0. The molecule has 0 aliphatic carbocycles. The molecule has 18 heavy (non-hydrogen) atoms. The van der Waals surface area contributed by atoms with Gasteiger partial charge < -0.3 is 14.8 Å². The van der Waals surface area contributed by atoms with E-state index < -0.39 is 0 Å². The van der Waals surface area contributed by atoms with Gasteiger partial charge in [0.15, 0.2) is 0 Å². The van der Waals surface area contributed by atoms with Gasteiger partial charge in [-0.3, -0.25) is 0 Å². The molecular weight excluding hydrogens is 228 g/mol. The smallest absolute Gasteiger partial charge is 0.222 e. The molecule has 0 atom stereocenters. The zero-order valence-electron chi connectivity index (χ0n) is 10.3. The first-order valence-electron chi connectivity index (χ1n) is 6.14. The van der Waals surface area contributed by atoms with Crippen LogP contribution in [-0.2, 0) is 11.3 Å². The molecule has 1 fully saturated rings. The van der Waals surface area contributed by atoms with E-state index in [4.69, 9.17) is 9.47 Å². The van der Waals surface area contributed by atoms with Crippen LogP contribution in [0.2, 0.25) is 0 Å². The average Bonchev–Trinajstić information content (AvgIpc) is 2.34. The Morgan fingerprint density at radius 1 is 1.39 bits per heavy atom. The molecular formula is C14H16N2O2. The Morgan fingerprint density at radius 2 is 2.22 bits per heavy atom. The Labute approximate surface area is 106 Å². The molecule has 0 spiro atoms. The monoisotopic (exact) mass is 244 g/mol. The molecule has 2 aromatic rings. The Kier molecular flexibility index (Phi) is 3.13. The van der Waals surface area contributed by atoms with E-state index in [1.165, 1.54) is 0 Å². The number of nitrogens with one attached hydrogen (secondary N) is 1. The first kappa shape index (κ1) is 11.4. The maximum absolute atomic E-state index is 5.89. The van der Waals surface area contributed by atoms with Crippen LogP contribution in [0, 0.1) is 0 Å². The van der Waals surface area contributed by atoms with Crippen LogP contribution < -0.4 is 10.1 Å². The van der Waals surface area contributed by atoms with E-state index in [9.17, 15) is 0 Å². The predicted octanol–water partition coefficient (Wildman–Crippen LogP) is 1.73. The molecule has 4 nitrogen and oxygen atoms in total. The van der Waals surface area contributed by atoms with Crippen molar-refractivity contribution in [2.45, 2.75) is 12.6 Å². The number of benzene rings is 1. The molecule has 2 heterocycles. The van der Waals surface area contributed by atoms with Crippen LogP contribution in [0.25, 0.3) is 10.8 Å².